The van der Waals surface area contributed by atoms with Gasteiger partial charge in [-0.1, -0.05) is 0 Å². The molecule has 15 heavy (non-hydrogen) atoms. The van der Waals surface area contributed by atoms with Crippen molar-refractivity contribution in [1.82, 2.24) is 4.98 Å². The number of aryl methyl sites for hydroxylation is 2. The maximum atomic E-state index is 13.3. The Labute approximate surface area is 87.1 Å². The van der Waals surface area contributed by atoms with Gasteiger partial charge in [0.2, 0.25) is 0 Å². The Bertz CT molecular complexity index is 523. The molecule has 0 bridgehead atoms. The van der Waals surface area contributed by atoms with E-state index < -0.39 is 0 Å². The average molecular weight is 205 g/mol. The second kappa shape index (κ2) is 3.47. The number of aromatic nitrogens is 1. The van der Waals surface area contributed by atoms with Gasteiger partial charge in [0.05, 0.1) is 5.52 Å². The first-order valence-corrected chi connectivity index (χ1v) is 4.66. The Morgan fingerprint density at radius 1 is 1.20 bits per heavy atom. The van der Waals surface area contributed by atoms with Crippen LogP contribution in [0.3, 0.4) is 0 Å². The van der Waals surface area contributed by atoms with Crippen molar-refractivity contribution in [3.8, 4) is 0 Å². The smallest absolute Gasteiger partial charge is 0.143 e. The van der Waals surface area contributed by atoms with Crippen LogP contribution in [0.4, 0.5) is 10.2 Å². The summed E-state index contributed by atoms with van der Waals surface area (Å²) in [6.45, 7) is 3.64. The van der Waals surface area contributed by atoms with Gasteiger partial charge < -0.3 is 5.43 Å². The molecule has 0 saturated heterocycles. The van der Waals surface area contributed by atoms with Gasteiger partial charge in [-0.15, -0.1) is 0 Å². The number of nitrogens with zero attached hydrogens (tertiary/aromatic N) is 1. The highest BCUT2D eigenvalue weighted by Crippen LogP contribution is 2.21. The zero-order valence-corrected chi connectivity index (χ0v) is 8.63. The summed E-state index contributed by atoms with van der Waals surface area (Å²) in [5.41, 5.74) is 4.66. The predicted octanol–water partition coefficient (Wildman–Crippen LogP) is 2.28. The molecular weight excluding hydrogens is 193 g/mol. The number of nitrogen functional groups attached to an aromatic ring is 1. The van der Waals surface area contributed by atoms with Crippen LogP contribution in [0.25, 0.3) is 10.9 Å². The first-order valence-electron chi connectivity index (χ1n) is 4.66. The molecule has 0 fully saturated rings. The van der Waals surface area contributed by atoms with Crippen LogP contribution in [0.5, 0.6) is 0 Å². The Kier molecular flexibility index (Phi) is 2.28. The highest BCUT2D eigenvalue weighted by Gasteiger charge is 2.05. The number of anilines is 1. The fourth-order valence-corrected chi connectivity index (χ4v) is 1.56. The lowest BCUT2D eigenvalue weighted by Gasteiger charge is -2.07. The van der Waals surface area contributed by atoms with E-state index >= 15 is 0 Å². The number of fused-ring (bicyclic) bond motifs is 1. The maximum Gasteiger partial charge on any atom is 0.143 e. The number of pyridine rings is 1. The zero-order valence-electron chi connectivity index (χ0n) is 8.63. The van der Waals surface area contributed by atoms with Gasteiger partial charge in [0.25, 0.3) is 0 Å². The van der Waals surface area contributed by atoms with Gasteiger partial charge in [0, 0.05) is 11.5 Å². The van der Waals surface area contributed by atoms with Gasteiger partial charge >= 0.3 is 0 Å². The highest BCUT2D eigenvalue weighted by atomic mass is 19.1. The predicted molar refractivity (Wildman–Crippen MR) is 59.0 cm³/mol. The number of rotatable bonds is 1. The van der Waals surface area contributed by atoms with Crippen molar-refractivity contribution in [2.45, 2.75) is 13.8 Å². The van der Waals surface area contributed by atoms with E-state index in [1.54, 1.807) is 13.0 Å². The minimum Gasteiger partial charge on any atom is -0.308 e. The van der Waals surface area contributed by atoms with Crippen LogP contribution in [0.15, 0.2) is 18.2 Å². The first kappa shape index (κ1) is 9.86. The largest absolute Gasteiger partial charge is 0.308 e. The fraction of sp³-hybridized carbons (Fsp3) is 0.182. The molecule has 0 aliphatic rings. The molecule has 0 atom stereocenters. The number of hydrogen-bond donors (Lipinski definition) is 2. The van der Waals surface area contributed by atoms with Gasteiger partial charge in [0.1, 0.15) is 11.6 Å². The lowest BCUT2D eigenvalue weighted by Crippen LogP contribution is -2.10. The third-order valence-electron chi connectivity index (χ3n) is 2.42. The Balaban J connectivity index is 2.76. The monoisotopic (exact) mass is 205 g/mol. The van der Waals surface area contributed by atoms with Crippen molar-refractivity contribution in [1.29, 1.82) is 0 Å². The average Bonchev–Trinajstić information content (AvgIpc) is 2.20. The Hall–Kier alpha value is -1.68. The standard InChI is InChI=1S/C11H12FN3/c1-6-3-8-4-7(2)11(15-13)14-10(8)5-9(6)12/h3-5H,13H2,1-2H3,(H,14,15). The number of benzene rings is 1. The van der Waals surface area contributed by atoms with Crippen molar-refractivity contribution >= 4 is 16.7 Å². The van der Waals surface area contributed by atoms with Crippen molar-refractivity contribution < 1.29 is 4.39 Å². The molecule has 2 rings (SSSR count). The number of hydrogen-bond acceptors (Lipinski definition) is 3. The molecule has 0 aliphatic carbocycles. The third-order valence-corrected chi connectivity index (χ3v) is 2.42. The molecule has 78 valence electrons. The third kappa shape index (κ3) is 1.64. The van der Waals surface area contributed by atoms with Gasteiger partial charge in [-0.05, 0) is 37.1 Å². The molecule has 0 saturated carbocycles. The molecule has 1 aromatic carbocycles. The molecule has 2 aromatic rings. The van der Waals surface area contributed by atoms with E-state index in [9.17, 15) is 4.39 Å². The molecule has 1 heterocycles. The van der Waals surface area contributed by atoms with Crippen LogP contribution in [0.1, 0.15) is 11.1 Å². The quantitative estimate of drug-likeness (QED) is 0.554. The van der Waals surface area contributed by atoms with Crippen molar-refractivity contribution in [2.24, 2.45) is 5.84 Å². The normalized spacial score (nSPS) is 10.7. The summed E-state index contributed by atoms with van der Waals surface area (Å²) in [4.78, 5) is 4.22. The van der Waals surface area contributed by atoms with Crippen molar-refractivity contribution in [3.05, 3.63) is 35.1 Å². The topological polar surface area (TPSA) is 50.9 Å². The number of halogens is 1. The fourth-order valence-electron chi connectivity index (χ4n) is 1.56. The van der Waals surface area contributed by atoms with E-state index in [1.807, 2.05) is 13.0 Å². The van der Waals surface area contributed by atoms with Crippen LogP contribution >= 0.6 is 0 Å². The molecule has 1 aromatic heterocycles. The summed E-state index contributed by atoms with van der Waals surface area (Å²) in [6, 6.07) is 5.14. The molecule has 3 N–H and O–H groups in total. The molecular formula is C11H12FN3. The maximum absolute atomic E-state index is 13.3. The summed E-state index contributed by atoms with van der Waals surface area (Å²) < 4.78 is 13.3. The molecule has 0 unspecified atom stereocenters. The molecule has 0 amide bonds. The van der Waals surface area contributed by atoms with Crippen molar-refractivity contribution in [2.75, 3.05) is 5.43 Å². The van der Waals surface area contributed by atoms with Gasteiger partial charge in [-0.2, -0.15) is 0 Å². The number of nitrogens with one attached hydrogen (secondary N) is 1. The summed E-state index contributed by atoms with van der Waals surface area (Å²) in [5.74, 6) is 5.63. The summed E-state index contributed by atoms with van der Waals surface area (Å²) in [6.07, 6.45) is 0. The van der Waals surface area contributed by atoms with Crippen LogP contribution in [0.2, 0.25) is 0 Å². The second-order valence-electron chi connectivity index (χ2n) is 3.59. The number of hydrazine groups is 1. The van der Waals surface area contributed by atoms with E-state index in [1.165, 1.54) is 6.07 Å². The van der Waals surface area contributed by atoms with Gasteiger partial charge in [0.15, 0.2) is 0 Å². The van der Waals surface area contributed by atoms with Gasteiger partial charge in [-0.3, -0.25) is 0 Å². The van der Waals surface area contributed by atoms with Crippen LogP contribution in [0, 0.1) is 19.7 Å². The first-order chi connectivity index (χ1) is 7.11. The summed E-state index contributed by atoms with van der Waals surface area (Å²) in [7, 11) is 0. The minimum absolute atomic E-state index is 0.248. The van der Waals surface area contributed by atoms with Gasteiger partial charge in [-0.25, -0.2) is 15.2 Å². The Morgan fingerprint density at radius 2 is 1.87 bits per heavy atom. The van der Waals surface area contributed by atoms with E-state index in [4.69, 9.17) is 5.84 Å². The van der Waals surface area contributed by atoms with Crippen LogP contribution < -0.4 is 11.3 Å². The highest BCUT2D eigenvalue weighted by molar-refractivity contribution is 5.82. The van der Waals surface area contributed by atoms with E-state index in [0.29, 0.717) is 16.9 Å². The zero-order chi connectivity index (χ0) is 11.0. The molecule has 3 nitrogen and oxygen atoms in total. The minimum atomic E-state index is -0.248. The number of nitrogens with two attached hydrogens (primary N) is 1. The Morgan fingerprint density at radius 3 is 2.53 bits per heavy atom. The second-order valence-corrected chi connectivity index (χ2v) is 3.59. The lowest BCUT2D eigenvalue weighted by molar-refractivity contribution is 0.620. The molecule has 0 spiro atoms. The lowest BCUT2D eigenvalue weighted by atomic mass is 10.1. The SMILES string of the molecule is Cc1cc2cc(C)c(NN)nc2cc1F. The molecule has 0 aliphatic heterocycles. The summed E-state index contributed by atoms with van der Waals surface area (Å²) >= 11 is 0. The summed E-state index contributed by atoms with van der Waals surface area (Å²) in [5, 5.41) is 0.922. The molecule has 0 radical (unpaired) electrons. The van der Waals surface area contributed by atoms with Crippen molar-refractivity contribution in [3.63, 3.8) is 0 Å². The molecule has 4 heteroatoms. The van der Waals surface area contributed by atoms with E-state index in [-0.39, 0.29) is 5.82 Å². The van der Waals surface area contributed by atoms with E-state index in [0.717, 1.165) is 10.9 Å². The van der Waals surface area contributed by atoms with Crippen LogP contribution in [-0.4, -0.2) is 4.98 Å². The van der Waals surface area contributed by atoms with E-state index in [2.05, 4.69) is 10.4 Å². The van der Waals surface area contributed by atoms with Crippen LogP contribution in [-0.2, 0) is 0 Å².